The van der Waals surface area contributed by atoms with Gasteiger partial charge in [0, 0.05) is 12.4 Å². The van der Waals surface area contributed by atoms with Gasteiger partial charge >= 0.3 is 0 Å². The second-order valence-electron chi connectivity index (χ2n) is 3.84. The summed E-state index contributed by atoms with van der Waals surface area (Å²) in [7, 11) is 0. The maximum atomic E-state index is 8.73. The molecule has 0 radical (unpaired) electrons. The topological polar surface area (TPSA) is 85.2 Å². The van der Waals surface area contributed by atoms with E-state index in [1.54, 1.807) is 40.0 Å². The molecule has 0 atom stereocenters. The Kier molecular flexibility index (Phi) is 2.72. The Morgan fingerprint density at radius 2 is 1.50 bits per heavy atom. The molecule has 0 fully saturated rings. The lowest BCUT2D eigenvalue weighted by Crippen LogP contribution is -2.01. The zero-order valence-electron chi connectivity index (χ0n) is 10.2. The Labute approximate surface area is 114 Å². The summed E-state index contributed by atoms with van der Waals surface area (Å²) in [5.41, 5.74) is 0.855. The molecule has 0 aliphatic carbocycles. The van der Waals surface area contributed by atoms with E-state index in [0.29, 0.717) is 23.0 Å². The fraction of sp³-hybridized carbons (Fsp3) is 0. The minimum absolute atomic E-state index is 0.323. The van der Waals surface area contributed by atoms with Gasteiger partial charge in [-0.05, 0) is 18.1 Å². The van der Waals surface area contributed by atoms with Crippen LogP contribution in [0, 0.1) is 23.7 Å². The molecule has 3 heterocycles. The fourth-order valence-electron chi connectivity index (χ4n) is 1.62. The smallest absolute Gasteiger partial charge is 0.160 e. The van der Waals surface area contributed by atoms with E-state index in [-0.39, 0.29) is 0 Å². The standard InChI is InChI=1S/C13H7N7/c1-2-10-6-19(8-15-10)12-3-4-13(18-17-12)20-7-11(5-14)16-9-20/h1,3-4,6-9H. The number of terminal acetylenes is 1. The van der Waals surface area contributed by atoms with Gasteiger partial charge in [0.1, 0.15) is 24.4 Å². The van der Waals surface area contributed by atoms with Crippen molar-refractivity contribution in [2.24, 2.45) is 0 Å². The van der Waals surface area contributed by atoms with E-state index in [0.717, 1.165) is 0 Å². The lowest BCUT2D eigenvalue weighted by atomic mass is 10.4. The molecule has 0 aliphatic heterocycles. The number of imidazole rings is 2. The quantitative estimate of drug-likeness (QED) is 0.634. The molecule has 0 bridgehead atoms. The lowest BCUT2D eigenvalue weighted by molar-refractivity contribution is 0.864. The first kappa shape index (κ1) is 11.6. The minimum atomic E-state index is 0.323. The molecular formula is C13H7N7. The van der Waals surface area contributed by atoms with Gasteiger partial charge in [-0.1, -0.05) is 0 Å². The summed E-state index contributed by atoms with van der Waals surface area (Å²) in [5.74, 6) is 3.61. The minimum Gasteiger partial charge on any atom is -0.288 e. The van der Waals surface area contributed by atoms with E-state index in [1.807, 2.05) is 6.07 Å². The highest BCUT2D eigenvalue weighted by Gasteiger charge is 2.04. The van der Waals surface area contributed by atoms with Crippen molar-refractivity contribution >= 4 is 0 Å². The lowest BCUT2D eigenvalue weighted by Gasteiger charge is -2.02. The van der Waals surface area contributed by atoms with Crippen molar-refractivity contribution in [2.45, 2.75) is 0 Å². The number of hydrogen-bond donors (Lipinski definition) is 0. The molecule has 3 rings (SSSR count). The van der Waals surface area contributed by atoms with E-state index < -0.39 is 0 Å². The van der Waals surface area contributed by atoms with Crippen LogP contribution in [0.15, 0.2) is 37.2 Å². The van der Waals surface area contributed by atoms with Gasteiger partial charge in [0.2, 0.25) is 0 Å². The van der Waals surface area contributed by atoms with E-state index >= 15 is 0 Å². The molecule has 0 N–H and O–H groups in total. The van der Waals surface area contributed by atoms with Crippen LogP contribution < -0.4 is 0 Å². The van der Waals surface area contributed by atoms with Gasteiger partial charge in [-0.3, -0.25) is 9.13 Å². The van der Waals surface area contributed by atoms with Crippen molar-refractivity contribution in [3.8, 4) is 30.0 Å². The number of rotatable bonds is 2. The normalized spacial score (nSPS) is 9.90. The van der Waals surface area contributed by atoms with Crippen LogP contribution in [0.3, 0.4) is 0 Å². The van der Waals surface area contributed by atoms with Gasteiger partial charge < -0.3 is 0 Å². The van der Waals surface area contributed by atoms with Crippen LogP contribution in [0.1, 0.15) is 11.4 Å². The number of aromatic nitrogens is 6. The maximum absolute atomic E-state index is 8.73. The van der Waals surface area contributed by atoms with Gasteiger partial charge in [-0.2, -0.15) is 5.26 Å². The summed E-state index contributed by atoms with van der Waals surface area (Å²) in [5, 5.41) is 16.9. The predicted molar refractivity (Wildman–Crippen MR) is 68.9 cm³/mol. The first-order valence-electron chi connectivity index (χ1n) is 5.59. The zero-order chi connectivity index (χ0) is 13.9. The molecule has 20 heavy (non-hydrogen) atoms. The van der Waals surface area contributed by atoms with Gasteiger partial charge in [0.25, 0.3) is 0 Å². The van der Waals surface area contributed by atoms with Crippen molar-refractivity contribution in [3.63, 3.8) is 0 Å². The molecule has 94 valence electrons. The Morgan fingerprint density at radius 1 is 0.950 bits per heavy atom. The van der Waals surface area contributed by atoms with Gasteiger partial charge in [-0.15, -0.1) is 16.6 Å². The predicted octanol–water partition coefficient (Wildman–Crippen LogP) is 0.701. The monoisotopic (exact) mass is 261 g/mol. The van der Waals surface area contributed by atoms with Crippen molar-refractivity contribution in [2.75, 3.05) is 0 Å². The van der Waals surface area contributed by atoms with E-state index in [2.05, 4.69) is 26.1 Å². The summed E-state index contributed by atoms with van der Waals surface area (Å²) < 4.78 is 3.30. The Morgan fingerprint density at radius 3 is 1.90 bits per heavy atom. The highest BCUT2D eigenvalue weighted by molar-refractivity contribution is 5.32. The number of nitrogens with zero attached hydrogens (tertiary/aromatic N) is 7. The molecular weight excluding hydrogens is 254 g/mol. The van der Waals surface area contributed by atoms with Crippen molar-refractivity contribution in [1.82, 2.24) is 29.3 Å². The van der Waals surface area contributed by atoms with Crippen LogP contribution >= 0.6 is 0 Å². The van der Waals surface area contributed by atoms with Gasteiger partial charge in [-0.25, -0.2) is 9.97 Å². The molecule has 3 aromatic heterocycles. The van der Waals surface area contributed by atoms with Crippen LogP contribution in [0.4, 0.5) is 0 Å². The Balaban J connectivity index is 1.91. The van der Waals surface area contributed by atoms with Crippen molar-refractivity contribution in [1.29, 1.82) is 5.26 Å². The maximum Gasteiger partial charge on any atom is 0.160 e. The number of nitriles is 1. The first-order chi connectivity index (χ1) is 9.80. The molecule has 0 spiro atoms. The summed E-state index contributed by atoms with van der Waals surface area (Å²) in [4.78, 5) is 7.92. The summed E-state index contributed by atoms with van der Waals surface area (Å²) in [6.45, 7) is 0. The van der Waals surface area contributed by atoms with Crippen LogP contribution in [0.25, 0.3) is 11.6 Å². The molecule has 0 amide bonds. The largest absolute Gasteiger partial charge is 0.288 e. The second-order valence-corrected chi connectivity index (χ2v) is 3.84. The molecule has 0 aliphatic rings. The summed E-state index contributed by atoms with van der Waals surface area (Å²) in [6, 6.07) is 5.49. The summed E-state index contributed by atoms with van der Waals surface area (Å²) in [6.07, 6.45) is 11.6. The second kappa shape index (κ2) is 4.67. The van der Waals surface area contributed by atoms with Crippen LogP contribution in [-0.2, 0) is 0 Å². The number of hydrogen-bond acceptors (Lipinski definition) is 5. The molecule has 0 aromatic carbocycles. The molecule has 7 nitrogen and oxygen atoms in total. The average molecular weight is 261 g/mol. The summed E-state index contributed by atoms with van der Waals surface area (Å²) >= 11 is 0. The molecule has 0 saturated carbocycles. The fourth-order valence-corrected chi connectivity index (χ4v) is 1.62. The third kappa shape index (κ3) is 2.00. The first-order valence-corrected chi connectivity index (χ1v) is 5.59. The molecule has 0 saturated heterocycles. The van der Waals surface area contributed by atoms with Gasteiger partial charge in [0.15, 0.2) is 17.3 Å². The van der Waals surface area contributed by atoms with E-state index in [1.165, 1.54) is 6.33 Å². The zero-order valence-corrected chi connectivity index (χ0v) is 10.2. The average Bonchev–Trinajstić information content (AvgIpc) is 3.16. The Bertz CT molecular complexity index is 755. The third-order valence-electron chi connectivity index (χ3n) is 2.59. The molecule has 0 unspecified atom stereocenters. The van der Waals surface area contributed by atoms with E-state index in [9.17, 15) is 0 Å². The van der Waals surface area contributed by atoms with E-state index in [4.69, 9.17) is 11.7 Å². The van der Waals surface area contributed by atoms with Crippen LogP contribution in [0.5, 0.6) is 0 Å². The highest BCUT2D eigenvalue weighted by Crippen LogP contribution is 2.08. The van der Waals surface area contributed by atoms with Gasteiger partial charge in [0.05, 0.1) is 0 Å². The van der Waals surface area contributed by atoms with Crippen LogP contribution in [-0.4, -0.2) is 29.3 Å². The van der Waals surface area contributed by atoms with Crippen molar-refractivity contribution in [3.05, 3.63) is 48.6 Å². The van der Waals surface area contributed by atoms with Crippen molar-refractivity contribution < 1.29 is 0 Å². The molecule has 3 aromatic rings. The highest BCUT2D eigenvalue weighted by atomic mass is 15.3. The SMILES string of the molecule is C#Cc1cn(-c2ccc(-n3cnc(C#N)c3)nn2)cn1. The Hall–Kier alpha value is -3.45. The van der Waals surface area contributed by atoms with Crippen LogP contribution in [0.2, 0.25) is 0 Å². The third-order valence-corrected chi connectivity index (χ3v) is 2.59. The molecule has 7 heteroatoms.